The van der Waals surface area contributed by atoms with Crippen LogP contribution in [0.15, 0.2) is 35.3 Å². The first-order valence-electron chi connectivity index (χ1n) is 9.72. The second-order valence-corrected chi connectivity index (χ2v) is 7.77. The van der Waals surface area contributed by atoms with Gasteiger partial charge in [-0.15, -0.1) is 0 Å². The summed E-state index contributed by atoms with van der Waals surface area (Å²) in [5, 5.41) is 6.90. The Morgan fingerprint density at radius 2 is 1.85 bits per heavy atom. The number of guanidine groups is 1. The van der Waals surface area contributed by atoms with Gasteiger partial charge in [-0.1, -0.05) is 18.2 Å². The van der Waals surface area contributed by atoms with Crippen LogP contribution in [0.3, 0.4) is 0 Å². The van der Waals surface area contributed by atoms with Crippen LogP contribution in [0.25, 0.3) is 0 Å². The molecule has 1 fully saturated rings. The highest BCUT2D eigenvalue weighted by Gasteiger charge is 2.21. The Morgan fingerprint density at radius 1 is 1.12 bits per heavy atom. The minimum absolute atomic E-state index is 0.503. The third-order valence-electron chi connectivity index (χ3n) is 4.92. The highest BCUT2D eigenvalue weighted by atomic mass is 32.2. The van der Waals surface area contributed by atoms with Gasteiger partial charge in [0.25, 0.3) is 0 Å². The molecule has 1 unspecified atom stereocenters. The van der Waals surface area contributed by atoms with E-state index < -0.39 is 0 Å². The molecule has 2 N–H and O–H groups in total. The van der Waals surface area contributed by atoms with Gasteiger partial charge in [-0.25, -0.2) is 0 Å². The smallest absolute Gasteiger partial charge is 0.191 e. The van der Waals surface area contributed by atoms with Crippen LogP contribution in [0.5, 0.6) is 0 Å². The lowest BCUT2D eigenvalue weighted by Gasteiger charge is -2.39. The number of hydrogen-bond acceptors (Lipinski definition) is 4. The summed E-state index contributed by atoms with van der Waals surface area (Å²) >= 11 is 1.91. The third-order valence-corrected chi connectivity index (χ3v) is 5.61. The molecular formula is C20H35N5S. The zero-order valence-electron chi connectivity index (χ0n) is 16.6. The van der Waals surface area contributed by atoms with E-state index in [1.165, 1.54) is 24.3 Å². The molecule has 2 rings (SSSR count). The minimum Gasteiger partial charge on any atom is -0.369 e. The molecule has 0 spiro atoms. The van der Waals surface area contributed by atoms with Crippen molar-refractivity contribution in [3.05, 3.63) is 30.3 Å². The molecule has 1 aliphatic heterocycles. The monoisotopic (exact) mass is 377 g/mol. The van der Waals surface area contributed by atoms with Gasteiger partial charge in [0.05, 0.1) is 0 Å². The fourth-order valence-corrected chi connectivity index (χ4v) is 3.72. The number of anilines is 1. The molecule has 1 saturated heterocycles. The van der Waals surface area contributed by atoms with Crippen molar-refractivity contribution >= 4 is 23.4 Å². The van der Waals surface area contributed by atoms with Crippen molar-refractivity contribution in [2.24, 2.45) is 4.99 Å². The molecule has 1 aromatic rings. The van der Waals surface area contributed by atoms with Gasteiger partial charge in [-0.3, -0.25) is 9.89 Å². The van der Waals surface area contributed by atoms with E-state index in [-0.39, 0.29) is 0 Å². The largest absolute Gasteiger partial charge is 0.369 e. The highest BCUT2D eigenvalue weighted by Crippen LogP contribution is 2.16. The van der Waals surface area contributed by atoms with Crippen molar-refractivity contribution < 1.29 is 0 Å². The Labute approximate surface area is 163 Å². The Kier molecular flexibility index (Phi) is 9.71. The van der Waals surface area contributed by atoms with Crippen LogP contribution in [0, 0.1) is 0 Å². The summed E-state index contributed by atoms with van der Waals surface area (Å²) in [7, 11) is 1.85. The first-order chi connectivity index (χ1) is 12.7. The summed E-state index contributed by atoms with van der Waals surface area (Å²) in [6, 6.07) is 11.2. The van der Waals surface area contributed by atoms with E-state index in [1.807, 2.05) is 18.8 Å². The molecule has 26 heavy (non-hydrogen) atoms. The Bertz CT molecular complexity index is 514. The lowest BCUT2D eigenvalue weighted by molar-refractivity contribution is 0.197. The molecule has 6 heteroatoms. The van der Waals surface area contributed by atoms with E-state index in [0.717, 1.165) is 45.2 Å². The van der Waals surface area contributed by atoms with E-state index >= 15 is 0 Å². The number of piperazine rings is 1. The van der Waals surface area contributed by atoms with Gasteiger partial charge in [0.2, 0.25) is 0 Å². The predicted octanol–water partition coefficient (Wildman–Crippen LogP) is 2.51. The SMILES string of the molecule is CN=C(NCCCCSC)NCC(C)N1CCN(c2ccccc2)CC1. The molecule has 0 bridgehead atoms. The molecule has 5 nitrogen and oxygen atoms in total. The number of benzene rings is 1. The molecule has 1 aliphatic rings. The summed E-state index contributed by atoms with van der Waals surface area (Å²) < 4.78 is 0. The Hall–Kier alpha value is -1.40. The predicted molar refractivity (Wildman–Crippen MR) is 117 cm³/mol. The number of aliphatic imine (C=N–C) groups is 1. The maximum Gasteiger partial charge on any atom is 0.191 e. The van der Waals surface area contributed by atoms with Crippen LogP contribution in [0.1, 0.15) is 19.8 Å². The van der Waals surface area contributed by atoms with Gasteiger partial charge >= 0.3 is 0 Å². The van der Waals surface area contributed by atoms with Crippen LogP contribution in [0.4, 0.5) is 5.69 Å². The van der Waals surface area contributed by atoms with E-state index in [0.29, 0.717) is 6.04 Å². The van der Waals surface area contributed by atoms with Crippen molar-refractivity contribution in [3.8, 4) is 0 Å². The van der Waals surface area contributed by atoms with Crippen molar-refractivity contribution in [2.45, 2.75) is 25.8 Å². The van der Waals surface area contributed by atoms with E-state index in [1.54, 1.807) is 0 Å². The van der Waals surface area contributed by atoms with Crippen molar-refractivity contribution in [1.82, 2.24) is 15.5 Å². The number of rotatable bonds is 9. The standard InChI is InChI=1S/C20H35N5S/c1-18(17-23-20(21-2)22-11-7-8-16-26-3)24-12-14-25(15-13-24)19-9-5-4-6-10-19/h4-6,9-10,18H,7-8,11-17H2,1-3H3,(H2,21,22,23). The third kappa shape index (κ3) is 7.08. The molecule has 1 heterocycles. The minimum atomic E-state index is 0.503. The fourth-order valence-electron chi connectivity index (χ4n) is 3.23. The number of nitrogens with zero attached hydrogens (tertiary/aromatic N) is 3. The number of para-hydroxylation sites is 1. The van der Waals surface area contributed by atoms with Crippen LogP contribution in [-0.4, -0.2) is 75.2 Å². The summed E-state index contributed by atoms with van der Waals surface area (Å²) in [4.78, 5) is 9.38. The van der Waals surface area contributed by atoms with Crippen LogP contribution in [-0.2, 0) is 0 Å². The van der Waals surface area contributed by atoms with Crippen molar-refractivity contribution in [2.75, 3.05) is 63.2 Å². The zero-order chi connectivity index (χ0) is 18.6. The molecular weight excluding hydrogens is 342 g/mol. The quantitative estimate of drug-likeness (QED) is 0.393. The van der Waals surface area contributed by atoms with Gasteiger partial charge in [-0.2, -0.15) is 11.8 Å². The maximum atomic E-state index is 4.34. The first kappa shape index (κ1) is 20.9. The van der Waals surface area contributed by atoms with Crippen LogP contribution < -0.4 is 15.5 Å². The molecule has 1 atom stereocenters. The topological polar surface area (TPSA) is 42.9 Å². The Balaban J connectivity index is 1.65. The summed E-state index contributed by atoms with van der Waals surface area (Å²) in [5.41, 5.74) is 1.34. The molecule has 0 amide bonds. The van der Waals surface area contributed by atoms with Gasteiger partial charge in [0.1, 0.15) is 0 Å². The summed E-state index contributed by atoms with van der Waals surface area (Å²) in [6.45, 7) is 8.63. The highest BCUT2D eigenvalue weighted by molar-refractivity contribution is 7.98. The molecule has 1 aromatic carbocycles. The average molecular weight is 378 g/mol. The second kappa shape index (κ2) is 12.1. The second-order valence-electron chi connectivity index (χ2n) is 6.79. The normalized spacial score (nSPS) is 17.2. The lowest BCUT2D eigenvalue weighted by Crippen LogP contribution is -2.53. The van der Waals surface area contributed by atoms with E-state index in [9.17, 15) is 0 Å². The number of unbranched alkanes of at least 4 members (excludes halogenated alkanes) is 1. The van der Waals surface area contributed by atoms with E-state index in [2.05, 4.69) is 68.9 Å². The van der Waals surface area contributed by atoms with Crippen LogP contribution in [0.2, 0.25) is 0 Å². The number of nitrogens with one attached hydrogen (secondary N) is 2. The molecule has 0 radical (unpaired) electrons. The zero-order valence-corrected chi connectivity index (χ0v) is 17.4. The van der Waals surface area contributed by atoms with Crippen molar-refractivity contribution in [1.29, 1.82) is 0 Å². The molecule has 146 valence electrons. The lowest BCUT2D eigenvalue weighted by atomic mass is 10.2. The molecule has 0 aliphatic carbocycles. The number of hydrogen-bond donors (Lipinski definition) is 2. The molecule has 0 saturated carbocycles. The van der Waals surface area contributed by atoms with E-state index in [4.69, 9.17) is 0 Å². The van der Waals surface area contributed by atoms with Crippen molar-refractivity contribution in [3.63, 3.8) is 0 Å². The first-order valence-corrected chi connectivity index (χ1v) is 11.1. The summed E-state index contributed by atoms with van der Waals surface area (Å²) in [6.07, 6.45) is 4.61. The fraction of sp³-hybridized carbons (Fsp3) is 0.650. The number of thioether (sulfide) groups is 1. The maximum absolute atomic E-state index is 4.34. The van der Waals surface area contributed by atoms with Gasteiger partial charge in [0.15, 0.2) is 5.96 Å². The summed E-state index contributed by atoms with van der Waals surface area (Å²) in [5.74, 6) is 2.16. The molecule has 0 aromatic heterocycles. The Morgan fingerprint density at radius 3 is 2.50 bits per heavy atom. The van der Waals surface area contributed by atoms with Gasteiger partial charge in [0, 0.05) is 58.0 Å². The van der Waals surface area contributed by atoms with Gasteiger partial charge in [-0.05, 0) is 43.9 Å². The van der Waals surface area contributed by atoms with Gasteiger partial charge < -0.3 is 15.5 Å². The van der Waals surface area contributed by atoms with Crippen LogP contribution >= 0.6 is 11.8 Å². The average Bonchev–Trinajstić information content (AvgIpc) is 2.70.